The molecule has 178 valence electrons. The number of thiazole rings is 1. The number of aliphatic carboxylic acids is 1. The van der Waals surface area contributed by atoms with Crippen molar-refractivity contribution >= 4 is 64.3 Å². The second-order valence-electron chi connectivity index (χ2n) is 7.38. The molecule has 1 saturated heterocycles. The number of carbonyl (C=O) groups is 2. The van der Waals surface area contributed by atoms with Gasteiger partial charge in [0.25, 0.3) is 0 Å². The Bertz CT molecular complexity index is 1020. The van der Waals surface area contributed by atoms with Gasteiger partial charge in [-0.25, -0.2) is 9.78 Å². The van der Waals surface area contributed by atoms with Crippen molar-refractivity contribution < 1.29 is 19.4 Å². The van der Waals surface area contributed by atoms with E-state index in [1.54, 1.807) is 12.1 Å². The first-order chi connectivity index (χ1) is 15.8. The molecule has 1 aliphatic heterocycles. The average Bonchev–Trinajstić information content (AvgIpc) is 3.20. The molecule has 1 fully saturated rings. The first kappa shape index (κ1) is 26.0. The average molecular weight is 530 g/mol. The van der Waals surface area contributed by atoms with Gasteiger partial charge in [-0.05, 0) is 30.2 Å². The van der Waals surface area contributed by atoms with Crippen LogP contribution in [0.25, 0.3) is 6.08 Å². The van der Waals surface area contributed by atoms with Crippen LogP contribution in [-0.4, -0.2) is 65.0 Å². The number of aryl methyl sites for hydroxylation is 1. The molecule has 1 aromatic carbocycles. The van der Waals surface area contributed by atoms with Crippen molar-refractivity contribution in [3.63, 3.8) is 0 Å². The first-order valence-electron chi connectivity index (χ1n) is 10.4. The van der Waals surface area contributed by atoms with Gasteiger partial charge in [-0.3, -0.25) is 9.69 Å². The van der Waals surface area contributed by atoms with E-state index >= 15 is 0 Å². The van der Waals surface area contributed by atoms with Gasteiger partial charge in [0.05, 0.1) is 39.1 Å². The third-order valence-corrected chi connectivity index (χ3v) is 7.83. The van der Waals surface area contributed by atoms with E-state index in [-0.39, 0.29) is 17.8 Å². The van der Waals surface area contributed by atoms with Crippen molar-refractivity contribution in [2.24, 2.45) is 0 Å². The van der Waals surface area contributed by atoms with Gasteiger partial charge < -0.3 is 15.2 Å². The molecule has 1 amide bonds. The van der Waals surface area contributed by atoms with Crippen LogP contribution < -0.4 is 5.32 Å². The Labute approximate surface area is 211 Å². The lowest BCUT2D eigenvalue weighted by Gasteiger charge is -2.33. The van der Waals surface area contributed by atoms with E-state index in [2.05, 4.69) is 15.2 Å². The van der Waals surface area contributed by atoms with Crippen LogP contribution in [0.3, 0.4) is 0 Å². The molecule has 0 spiro atoms. The number of benzene rings is 1. The lowest BCUT2D eigenvalue weighted by atomic mass is 10.2. The number of carboxylic acids is 1. The lowest BCUT2D eigenvalue weighted by Crippen LogP contribution is -2.47. The highest BCUT2D eigenvalue weighted by Gasteiger charge is 2.21. The van der Waals surface area contributed by atoms with E-state index in [1.807, 2.05) is 19.1 Å². The fourth-order valence-corrected chi connectivity index (χ4v) is 5.60. The van der Waals surface area contributed by atoms with E-state index < -0.39 is 5.97 Å². The number of nitrogens with one attached hydrogen (secondary N) is 1. The number of halogens is 2. The second-order valence-corrected chi connectivity index (χ2v) is 10.5. The van der Waals surface area contributed by atoms with Crippen LogP contribution in [0.5, 0.6) is 0 Å². The highest BCUT2D eigenvalue weighted by Crippen LogP contribution is 2.29. The maximum atomic E-state index is 12.3. The maximum Gasteiger partial charge on any atom is 0.328 e. The number of hydrogen-bond acceptors (Lipinski definition) is 7. The van der Waals surface area contributed by atoms with E-state index in [0.29, 0.717) is 36.2 Å². The molecule has 1 unspecified atom stereocenters. The summed E-state index contributed by atoms with van der Waals surface area (Å²) in [4.78, 5) is 30.7. The van der Waals surface area contributed by atoms with Crippen molar-refractivity contribution in [2.75, 3.05) is 32.0 Å². The van der Waals surface area contributed by atoms with Gasteiger partial charge in [-0.1, -0.05) is 48.0 Å². The zero-order valence-corrected chi connectivity index (χ0v) is 21.2. The monoisotopic (exact) mass is 529 g/mol. The van der Waals surface area contributed by atoms with Crippen LogP contribution in [0.15, 0.2) is 28.6 Å². The third kappa shape index (κ3) is 8.27. The maximum absolute atomic E-state index is 12.3. The van der Waals surface area contributed by atoms with E-state index in [4.69, 9.17) is 33.0 Å². The smallest absolute Gasteiger partial charge is 0.328 e. The summed E-state index contributed by atoms with van der Waals surface area (Å²) in [6.45, 7) is 5.25. The highest BCUT2D eigenvalue weighted by molar-refractivity contribution is 8.01. The lowest BCUT2D eigenvalue weighted by molar-refractivity contribution is -0.131. The largest absolute Gasteiger partial charge is 0.478 e. The SMILES string of the molecule is CCc1nc(SCC(=O)NCC2CN(Cc3ccc(Cl)c(Cl)c3)CCO2)sc1/C=C/C(=O)O. The van der Waals surface area contributed by atoms with Crippen LogP contribution in [0, 0.1) is 0 Å². The first-order valence-corrected chi connectivity index (χ1v) is 13.0. The number of carboxylic acid groups (broad SMARTS) is 1. The predicted molar refractivity (Wildman–Crippen MR) is 133 cm³/mol. The molecule has 3 rings (SSSR count). The van der Waals surface area contributed by atoms with Crippen LogP contribution in [0.4, 0.5) is 0 Å². The Morgan fingerprint density at radius 2 is 2.21 bits per heavy atom. The molecule has 1 aromatic heterocycles. The number of morpholine rings is 1. The van der Waals surface area contributed by atoms with Gasteiger partial charge in [0, 0.05) is 32.3 Å². The summed E-state index contributed by atoms with van der Waals surface area (Å²) in [6, 6.07) is 5.63. The Kier molecular flexibility index (Phi) is 10.0. The number of hydrogen-bond donors (Lipinski definition) is 2. The summed E-state index contributed by atoms with van der Waals surface area (Å²) in [6.07, 6.45) is 3.26. The van der Waals surface area contributed by atoms with Crippen molar-refractivity contribution in [2.45, 2.75) is 30.3 Å². The number of nitrogens with zero attached hydrogens (tertiary/aromatic N) is 2. The summed E-state index contributed by atoms with van der Waals surface area (Å²) in [5.74, 6) is -0.862. The highest BCUT2D eigenvalue weighted by atomic mass is 35.5. The van der Waals surface area contributed by atoms with Gasteiger partial charge in [-0.2, -0.15) is 0 Å². The standard InChI is InChI=1S/C22H25Cl2N3O4S2/c1-2-18-19(5-6-21(29)30)33-22(26-18)32-13-20(28)25-10-15-12-27(7-8-31-15)11-14-3-4-16(23)17(24)9-14/h3-6,9,15H,2,7-8,10-13H2,1H3,(H,25,28)(H,29,30)/b6-5+. The van der Waals surface area contributed by atoms with E-state index in [9.17, 15) is 9.59 Å². The molecule has 1 atom stereocenters. The summed E-state index contributed by atoms with van der Waals surface area (Å²) in [7, 11) is 0. The number of amides is 1. The fraction of sp³-hybridized carbons (Fsp3) is 0.409. The molecule has 0 bridgehead atoms. The summed E-state index contributed by atoms with van der Waals surface area (Å²) in [5, 5.41) is 12.8. The van der Waals surface area contributed by atoms with Crippen molar-refractivity contribution in [1.82, 2.24) is 15.2 Å². The van der Waals surface area contributed by atoms with E-state index in [1.165, 1.54) is 23.1 Å². The molecular weight excluding hydrogens is 505 g/mol. The van der Waals surface area contributed by atoms with Crippen LogP contribution in [0.1, 0.15) is 23.1 Å². The Hall–Kier alpha value is -1.62. The summed E-state index contributed by atoms with van der Waals surface area (Å²) in [5.41, 5.74) is 1.91. The Morgan fingerprint density at radius 1 is 1.39 bits per heavy atom. The van der Waals surface area contributed by atoms with Gasteiger partial charge in [0.1, 0.15) is 0 Å². The molecule has 2 aromatic rings. The normalized spacial score (nSPS) is 16.9. The van der Waals surface area contributed by atoms with Gasteiger partial charge in [-0.15, -0.1) is 11.3 Å². The zero-order chi connectivity index (χ0) is 23.8. The van der Waals surface area contributed by atoms with Crippen LogP contribution in [-0.2, 0) is 27.3 Å². The number of carbonyl (C=O) groups excluding carboxylic acids is 1. The van der Waals surface area contributed by atoms with Crippen molar-refractivity contribution in [3.05, 3.63) is 50.5 Å². The Morgan fingerprint density at radius 3 is 2.94 bits per heavy atom. The number of ether oxygens (including phenoxy) is 1. The number of aromatic nitrogens is 1. The van der Waals surface area contributed by atoms with Gasteiger partial charge in [0.2, 0.25) is 5.91 Å². The number of thioether (sulfide) groups is 1. The van der Waals surface area contributed by atoms with Crippen LogP contribution in [0.2, 0.25) is 10.0 Å². The molecule has 1 aliphatic rings. The molecule has 2 N–H and O–H groups in total. The van der Waals surface area contributed by atoms with Crippen molar-refractivity contribution in [1.29, 1.82) is 0 Å². The van der Waals surface area contributed by atoms with Crippen LogP contribution >= 0.6 is 46.3 Å². The number of rotatable bonds is 10. The van der Waals surface area contributed by atoms with Gasteiger partial charge in [0.15, 0.2) is 4.34 Å². The quantitative estimate of drug-likeness (QED) is 0.351. The minimum absolute atomic E-state index is 0.0882. The minimum Gasteiger partial charge on any atom is -0.478 e. The zero-order valence-electron chi connectivity index (χ0n) is 18.1. The second kappa shape index (κ2) is 12.7. The third-order valence-electron chi connectivity index (χ3n) is 4.89. The minimum atomic E-state index is -1.00. The summed E-state index contributed by atoms with van der Waals surface area (Å²) < 4.78 is 6.55. The van der Waals surface area contributed by atoms with E-state index in [0.717, 1.165) is 39.6 Å². The molecule has 7 nitrogen and oxygen atoms in total. The Balaban J connectivity index is 1.44. The summed E-state index contributed by atoms with van der Waals surface area (Å²) >= 11 is 14.8. The molecule has 0 aliphatic carbocycles. The van der Waals surface area contributed by atoms with Gasteiger partial charge >= 0.3 is 5.97 Å². The molecule has 0 radical (unpaired) electrons. The molecule has 11 heteroatoms. The molecular formula is C22H25Cl2N3O4S2. The topological polar surface area (TPSA) is 91.8 Å². The molecule has 2 heterocycles. The molecule has 33 heavy (non-hydrogen) atoms. The van der Waals surface area contributed by atoms with Crippen molar-refractivity contribution in [3.8, 4) is 0 Å². The molecule has 0 saturated carbocycles. The fourth-order valence-electron chi connectivity index (χ4n) is 3.28. The predicted octanol–water partition coefficient (Wildman–Crippen LogP) is 4.22.